The number of carbonyl (C=O) groups excluding carboxylic acids is 2. The highest BCUT2D eigenvalue weighted by atomic mass is 19.4. The Balaban J connectivity index is 1.13. The van der Waals surface area contributed by atoms with Gasteiger partial charge < -0.3 is 19.9 Å². The van der Waals surface area contributed by atoms with E-state index >= 15 is 0 Å². The molecule has 2 amide bonds. The lowest BCUT2D eigenvalue weighted by Gasteiger charge is -2.36. The van der Waals surface area contributed by atoms with Crippen molar-refractivity contribution in [3.63, 3.8) is 0 Å². The fourth-order valence-electron chi connectivity index (χ4n) is 6.53. The van der Waals surface area contributed by atoms with Gasteiger partial charge in [-0.1, -0.05) is 25.1 Å². The Kier molecular flexibility index (Phi) is 10.2. The van der Waals surface area contributed by atoms with Crippen LogP contribution in [0.15, 0.2) is 61.1 Å². The third kappa shape index (κ3) is 7.97. The predicted octanol–water partition coefficient (Wildman–Crippen LogP) is 5.84. The van der Waals surface area contributed by atoms with E-state index in [0.717, 1.165) is 43.0 Å². The number of hydrogen-bond acceptors (Lipinski definition) is 7. The first-order chi connectivity index (χ1) is 23.9. The van der Waals surface area contributed by atoms with E-state index in [0.29, 0.717) is 42.9 Å². The van der Waals surface area contributed by atoms with Crippen LogP contribution in [0.25, 0.3) is 0 Å². The molecule has 2 aromatic heterocycles. The van der Waals surface area contributed by atoms with Gasteiger partial charge in [0.2, 0.25) is 5.91 Å². The minimum Gasteiger partial charge on any atom is -0.454 e. The van der Waals surface area contributed by atoms with E-state index in [4.69, 9.17) is 4.74 Å². The molecular weight excluding hydrogens is 654 g/mol. The first-order valence-corrected chi connectivity index (χ1v) is 16.6. The number of fused-ring (bicyclic) bond motifs is 1. The van der Waals surface area contributed by atoms with E-state index in [1.54, 1.807) is 30.1 Å². The molecule has 0 aliphatic carbocycles. The van der Waals surface area contributed by atoms with Crippen LogP contribution in [-0.4, -0.2) is 80.5 Å². The van der Waals surface area contributed by atoms with Crippen molar-refractivity contribution in [3.8, 4) is 11.5 Å². The highest BCUT2D eigenvalue weighted by molar-refractivity contribution is 6.03. The second-order valence-electron chi connectivity index (χ2n) is 12.7. The smallest absolute Gasteiger partial charge is 0.416 e. The van der Waals surface area contributed by atoms with E-state index in [1.165, 1.54) is 29.2 Å². The monoisotopic (exact) mass is 693 g/mol. The highest BCUT2D eigenvalue weighted by Gasteiger charge is 2.35. The maximum atomic E-state index is 14.7. The standard InChI is InChI=1S/C36H39F4N7O3/c1-4-45-11-13-46(14-12-45)22-26-6-5-24(15-30(26)36(38,39)40)16-34(48)47-10-9-25-7-8-28(17-29(25)23(47)2)50-32-18-33(41-20-31(32)37)43-35(49)27-19-42-44(3)21-27/h5-8,15,17-21,23H,4,9-14,16,22H2,1-3H3,(H,41,43,49)/t23-/m0/s1. The number of halogens is 4. The fraction of sp³-hybridized carbons (Fsp3) is 0.389. The van der Waals surface area contributed by atoms with E-state index in [-0.39, 0.29) is 36.0 Å². The summed E-state index contributed by atoms with van der Waals surface area (Å²) in [5.41, 5.74) is 1.88. The number of benzene rings is 2. The van der Waals surface area contributed by atoms with Gasteiger partial charge in [0, 0.05) is 58.6 Å². The quantitative estimate of drug-likeness (QED) is 0.220. The number of carbonyl (C=O) groups is 2. The van der Waals surface area contributed by atoms with E-state index in [1.807, 2.05) is 17.9 Å². The van der Waals surface area contributed by atoms with Gasteiger partial charge in [0.05, 0.1) is 36.0 Å². The molecule has 50 heavy (non-hydrogen) atoms. The van der Waals surface area contributed by atoms with Crippen LogP contribution < -0.4 is 10.1 Å². The van der Waals surface area contributed by atoms with Gasteiger partial charge in [-0.3, -0.25) is 19.2 Å². The Morgan fingerprint density at radius 3 is 2.46 bits per heavy atom. The summed E-state index contributed by atoms with van der Waals surface area (Å²) in [7, 11) is 1.68. The number of nitrogens with one attached hydrogen (secondary N) is 1. The molecular formula is C36H39F4N7O3. The van der Waals surface area contributed by atoms with Gasteiger partial charge in [0.1, 0.15) is 11.6 Å². The number of nitrogens with zero attached hydrogens (tertiary/aromatic N) is 6. The third-order valence-electron chi connectivity index (χ3n) is 9.38. The summed E-state index contributed by atoms with van der Waals surface area (Å²) in [6.07, 6.45) is -0.314. The molecule has 10 nitrogen and oxygen atoms in total. The first kappa shape index (κ1) is 35.0. The lowest BCUT2D eigenvalue weighted by molar-refractivity contribution is -0.139. The van der Waals surface area contributed by atoms with Gasteiger partial charge >= 0.3 is 6.18 Å². The summed E-state index contributed by atoms with van der Waals surface area (Å²) < 4.78 is 64.7. The van der Waals surface area contributed by atoms with E-state index < -0.39 is 29.5 Å². The Bertz CT molecular complexity index is 1870. The zero-order valence-corrected chi connectivity index (χ0v) is 28.1. The van der Waals surface area contributed by atoms with Crippen molar-refractivity contribution in [2.45, 2.75) is 45.5 Å². The largest absolute Gasteiger partial charge is 0.454 e. The summed E-state index contributed by atoms with van der Waals surface area (Å²) in [6, 6.07) is 10.4. The zero-order chi connectivity index (χ0) is 35.6. The van der Waals surface area contributed by atoms with E-state index in [2.05, 4.69) is 27.2 Å². The highest BCUT2D eigenvalue weighted by Crippen LogP contribution is 2.36. The van der Waals surface area contributed by atoms with Crippen LogP contribution in [0.2, 0.25) is 0 Å². The second kappa shape index (κ2) is 14.6. The van der Waals surface area contributed by atoms with Crippen molar-refractivity contribution < 1.29 is 31.9 Å². The summed E-state index contributed by atoms with van der Waals surface area (Å²) in [6.45, 7) is 8.50. The van der Waals surface area contributed by atoms with Crippen LogP contribution in [0.3, 0.4) is 0 Å². The molecule has 1 fully saturated rings. The molecule has 264 valence electrons. The molecule has 6 rings (SSSR count). The predicted molar refractivity (Wildman–Crippen MR) is 178 cm³/mol. The maximum Gasteiger partial charge on any atom is 0.416 e. The van der Waals surface area contributed by atoms with Crippen molar-refractivity contribution in [1.29, 1.82) is 0 Å². The van der Waals surface area contributed by atoms with Crippen LogP contribution in [0, 0.1) is 5.82 Å². The van der Waals surface area contributed by atoms with Crippen LogP contribution in [0.4, 0.5) is 23.4 Å². The normalized spacial score (nSPS) is 17.0. The molecule has 0 bridgehead atoms. The number of ether oxygens (including phenoxy) is 1. The molecule has 0 saturated carbocycles. The van der Waals surface area contributed by atoms with Gasteiger partial charge in [-0.15, -0.1) is 0 Å². The van der Waals surface area contributed by atoms with Crippen molar-refractivity contribution in [2.24, 2.45) is 7.05 Å². The number of likely N-dealkylation sites (N-methyl/N-ethyl adjacent to an activating group) is 1. The topological polar surface area (TPSA) is 95.8 Å². The average molecular weight is 694 g/mol. The summed E-state index contributed by atoms with van der Waals surface area (Å²) in [5.74, 6) is -1.28. The number of pyridine rings is 1. The molecule has 4 heterocycles. The van der Waals surface area contributed by atoms with Gasteiger partial charge in [-0.25, -0.2) is 9.37 Å². The number of aryl methyl sites for hydroxylation is 1. The number of aromatic nitrogens is 3. The molecule has 0 radical (unpaired) electrons. The Hall–Kier alpha value is -4.82. The Labute approximate surface area is 287 Å². The minimum atomic E-state index is -4.55. The van der Waals surface area contributed by atoms with Crippen molar-refractivity contribution in [1.82, 2.24) is 29.5 Å². The Morgan fingerprint density at radius 2 is 1.76 bits per heavy atom. The number of anilines is 1. The van der Waals surface area contributed by atoms with Gasteiger partial charge in [-0.2, -0.15) is 18.3 Å². The molecule has 1 atom stereocenters. The second-order valence-corrected chi connectivity index (χ2v) is 12.7. The molecule has 4 aromatic rings. The summed E-state index contributed by atoms with van der Waals surface area (Å²) >= 11 is 0. The van der Waals surface area contributed by atoms with Crippen LogP contribution in [-0.2, 0) is 37.4 Å². The number of hydrogen-bond donors (Lipinski definition) is 1. The minimum absolute atomic E-state index is 0.0786. The van der Waals surface area contributed by atoms with Gasteiger partial charge in [-0.05, 0) is 60.3 Å². The number of piperazine rings is 1. The lowest BCUT2D eigenvalue weighted by atomic mass is 9.92. The average Bonchev–Trinajstić information content (AvgIpc) is 3.53. The van der Waals surface area contributed by atoms with Crippen LogP contribution in [0.1, 0.15) is 58.1 Å². The molecule has 1 saturated heterocycles. The Morgan fingerprint density at radius 1 is 1.00 bits per heavy atom. The SMILES string of the molecule is CCN1CCN(Cc2ccc(CC(=O)N3CCc4ccc(Oc5cc(NC(=O)c6cnn(C)c6)ncc5F)cc4[C@@H]3C)cc2C(F)(F)F)CC1. The van der Waals surface area contributed by atoms with Gasteiger partial charge in [0.25, 0.3) is 5.91 Å². The van der Waals surface area contributed by atoms with Crippen molar-refractivity contribution in [3.05, 3.63) is 100 Å². The summed E-state index contributed by atoms with van der Waals surface area (Å²) in [5, 5.41) is 6.56. The zero-order valence-electron chi connectivity index (χ0n) is 28.1. The molecule has 2 aromatic carbocycles. The van der Waals surface area contributed by atoms with Crippen LogP contribution in [0.5, 0.6) is 11.5 Å². The first-order valence-electron chi connectivity index (χ1n) is 16.6. The lowest BCUT2D eigenvalue weighted by Crippen LogP contribution is -2.45. The fourth-order valence-corrected chi connectivity index (χ4v) is 6.53. The number of amides is 2. The summed E-state index contributed by atoms with van der Waals surface area (Å²) in [4.78, 5) is 36.0. The number of rotatable bonds is 9. The third-order valence-corrected chi connectivity index (χ3v) is 9.38. The molecule has 14 heteroatoms. The number of alkyl halides is 3. The maximum absolute atomic E-state index is 14.7. The van der Waals surface area contributed by atoms with Crippen molar-refractivity contribution in [2.75, 3.05) is 44.6 Å². The molecule has 1 N–H and O–H groups in total. The van der Waals surface area contributed by atoms with Crippen molar-refractivity contribution >= 4 is 17.6 Å². The van der Waals surface area contributed by atoms with E-state index in [9.17, 15) is 27.2 Å². The van der Waals surface area contributed by atoms with Crippen LogP contribution >= 0.6 is 0 Å². The van der Waals surface area contributed by atoms with Gasteiger partial charge in [0.15, 0.2) is 11.6 Å². The molecule has 2 aliphatic rings. The molecule has 2 aliphatic heterocycles. The molecule has 0 spiro atoms. The molecule has 0 unspecified atom stereocenters.